The van der Waals surface area contributed by atoms with Crippen molar-refractivity contribution >= 4 is 40.1 Å². The van der Waals surface area contributed by atoms with Crippen molar-refractivity contribution in [3.05, 3.63) is 58.9 Å². The number of H-pyrrole nitrogens is 1. The largest absolute Gasteiger partial charge is 0.346 e. The highest BCUT2D eigenvalue weighted by Crippen LogP contribution is 2.34. The van der Waals surface area contributed by atoms with E-state index < -0.39 is 0 Å². The molecule has 0 spiro atoms. The predicted molar refractivity (Wildman–Crippen MR) is 117 cm³/mol. The van der Waals surface area contributed by atoms with E-state index in [9.17, 15) is 9.59 Å². The van der Waals surface area contributed by atoms with E-state index in [-0.39, 0.29) is 11.8 Å². The molecule has 2 aromatic heterocycles. The van der Waals surface area contributed by atoms with Gasteiger partial charge in [-0.3, -0.25) is 9.59 Å². The lowest BCUT2D eigenvalue weighted by Crippen LogP contribution is -2.38. The highest BCUT2D eigenvalue weighted by Gasteiger charge is 2.28. The minimum Gasteiger partial charge on any atom is -0.346 e. The molecule has 2 amide bonds. The first kappa shape index (κ1) is 19.1. The molecule has 2 aliphatic rings. The molecule has 0 saturated carbocycles. The molecule has 1 N–H and O–H groups in total. The Morgan fingerprint density at radius 2 is 2.00 bits per heavy atom. The number of benzene rings is 1. The van der Waals surface area contributed by atoms with Gasteiger partial charge in [0.2, 0.25) is 5.91 Å². The van der Waals surface area contributed by atoms with Gasteiger partial charge >= 0.3 is 0 Å². The molecule has 30 heavy (non-hydrogen) atoms. The van der Waals surface area contributed by atoms with Gasteiger partial charge < -0.3 is 14.8 Å². The Labute approximate surface area is 179 Å². The third kappa shape index (κ3) is 3.35. The first-order valence-electron chi connectivity index (χ1n) is 10.4. The number of likely N-dealkylation sites (tertiary alicyclic amines) is 1. The van der Waals surface area contributed by atoms with Gasteiger partial charge in [-0.1, -0.05) is 11.6 Å². The van der Waals surface area contributed by atoms with Crippen LogP contribution >= 0.6 is 11.6 Å². The number of piperidine rings is 1. The van der Waals surface area contributed by atoms with E-state index >= 15 is 0 Å². The lowest BCUT2D eigenvalue weighted by molar-refractivity contribution is -0.117. The Morgan fingerprint density at radius 1 is 1.17 bits per heavy atom. The van der Waals surface area contributed by atoms with Gasteiger partial charge in [-0.15, -0.1) is 0 Å². The number of carbonyl (C=O) groups is 2. The van der Waals surface area contributed by atoms with Crippen molar-refractivity contribution in [2.75, 3.05) is 24.5 Å². The zero-order chi connectivity index (χ0) is 20.7. The number of fused-ring (bicyclic) bond motifs is 1. The summed E-state index contributed by atoms with van der Waals surface area (Å²) in [5.74, 6) is 0.438. The van der Waals surface area contributed by atoms with Gasteiger partial charge in [0.15, 0.2) is 0 Å². The van der Waals surface area contributed by atoms with Crippen LogP contribution in [0.5, 0.6) is 0 Å². The van der Waals surface area contributed by atoms with Crippen LogP contribution in [0.25, 0.3) is 11.0 Å². The highest BCUT2D eigenvalue weighted by molar-refractivity contribution is 6.34. The van der Waals surface area contributed by atoms with E-state index in [1.54, 1.807) is 23.2 Å². The average molecular weight is 423 g/mol. The summed E-state index contributed by atoms with van der Waals surface area (Å²) in [4.78, 5) is 36.5. The van der Waals surface area contributed by atoms with Crippen LogP contribution in [-0.4, -0.2) is 46.3 Å². The minimum absolute atomic E-state index is 0.0625. The van der Waals surface area contributed by atoms with E-state index in [0.717, 1.165) is 36.0 Å². The van der Waals surface area contributed by atoms with Crippen LogP contribution < -0.4 is 4.90 Å². The first-order valence-corrected chi connectivity index (χ1v) is 10.8. The molecular formula is C23H23ClN4O2. The van der Waals surface area contributed by atoms with Crippen molar-refractivity contribution in [1.82, 2.24) is 14.9 Å². The molecule has 2 aliphatic heterocycles. The molecule has 6 nitrogen and oxygen atoms in total. The number of nitrogens with one attached hydrogen (secondary N) is 1. The zero-order valence-electron chi connectivity index (χ0n) is 16.6. The summed E-state index contributed by atoms with van der Waals surface area (Å²) in [5, 5.41) is 1.59. The summed E-state index contributed by atoms with van der Waals surface area (Å²) in [6.45, 7) is 2.05. The SMILES string of the molecule is O=C(c1cc(N2CCCC2=O)ccc1Cl)N1CCC(c2c[nH]c3ncccc23)CC1. The van der Waals surface area contributed by atoms with Crippen molar-refractivity contribution in [2.45, 2.75) is 31.6 Å². The van der Waals surface area contributed by atoms with Crippen molar-refractivity contribution in [3.63, 3.8) is 0 Å². The summed E-state index contributed by atoms with van der Waals surface area (Å²) in [6.07, 6.45) is 7.04. The van der Waals surface area contributed by atoms with Crippen LogP contribution in [0, 0.1) is 0 Å². The average Bonchev–Trinajstić information content (AvgIpc) is 3.40. The van der Waals surface area contributed by atoms with E-state index in [1.807, 2.05) is 23.2 Å². The molecule has 1 aromatic carbocycles. The zero-order valence-corrected chi connectivity index (χ0v) is 17.4. The molecule has 3 aromatic rings. The number of carbonyl (C=O) groups excluding carboxylic acids is 2. The number of anilines is 1. The summed E-state index contributed by atoms with van der Waals surface area (Å²) < 4.78 is 0. The Balaban J connectivity index is 1.32. The molecule has 5 rings (SSSR count). The van der Waals surface area contributed by atoms with Gasteiger partial charge in [0.1, 0.15) is 5.65 Å². The van der Waals surface area contributed by atoms with Crippen LogP contribution in [-0.2, 0) is 4.79 Å². The number of halogens is 1. The Kier molecular flexibility index (Phi) is 4.95. The number of hydrogen-bond donors (Lipinski definition) is 1. The van der Waals surface area contributed by atoms with Crippen LogP contribution in [0.4, 0.5) is 5.69 Å². The molecular weight excluding hydrogens is 400 g/mol. The maximum atomic E-state index is 13.2. The molecule has 2 saturated heterocycles. The summed E-state index contributed by atoms with van der Waals surface area (Å²) >= 11 is 6.37. The topological polar surface area (TPSA) is 69.3 Å². The summed E-state index contributed by atoms with van der Waals surface area (Å²) in [5.41, 5.74) is 3.42. The van der Waals surface area contributed by atoms with Gasteiger partial charge in [0, 0.05) is 49.5 Å². The maximum Gasteiger partial charge on any atom is 0.255 e. The molecule has 4 heterocycles. The minimum atomic E-state index is -0.0625. The molecule has 0 atom stereocenters. The number of nitrogens with zero attached hydrogens (tertiary/aromatic N) is 3. The van der Waals surface area contributed by atoms with Crippen LogP contribution in [0.2, 0.25) is 5.02 Å². The van der Waals surface area contributed by atoms with E-state index in [0.29, 0.717) is 42.6 Å². The monoisotopic (exact) mass is 422 g/mol. The Hall–Kier alpha value is -2.86. The summed E-state index contributed by atoms with van der Waals surface area (Å²) in [7, 11) is 0. The highest BCUT2D eigenvalue weighted by atomic mass is 35.5. The van der Waals surface area contributed by atoms with Gasteiger partial charge in [-0.2, -0.15) is 0 Å². The lowest BCUT2D eigenvalue weighted by Gasteiger charge is -2.32. The van der Waals surface area contributed by atoms with Crippen molar-refractivity contribution in [1.29, 1.82) is 0 Å². The van der Waals surface area contributed by atoms with Crippen molar-refractivity contribution in [2.24, 2.45) is 0 Å². The van der Waals surface area contributed by atoms with Gasteiger partial charge in [0.05, 0.1) is 10.6 Å². The number of rotatable bonds is 3. The van der Waals surface area contributed by atoms with Crippen LogP contribution in [0.3, 0.4) is 0 Å². The maximum absolute atomic E-state index is 13.2. The van der Waals surface area contributed by atoms with E-state index in [1.165, 1.54) is 5.56 Å². The predicted octanol–water partition coefficient (Wildman–Crippen LogP) is 4.36. The smallest absolute Gasteiger partial charge is 0.255 e. The number of aromatic amines is 1. The fourth-order valence-corrected chi connectivity index (χ4v) is 4.84. The molecule has 0 radical (unpaired) electrons. The van der Waals surface area contributed by atoms with Gasteiger partial charge in [0.25, 0.3) is 5.91 Å². The third-order valence-corrected chi connectivity index (χ3v) is 6.60. The summed E-state index contributed by atoms with van der Waals surface area (Å²) in [6, 6.07) is 9.36. The molecule has 154 valence electrons. The molecule has 0 aliphatic carbocycles. The number of pyridine rings is 1. The number of amides is 2. The molecule has 2 fully saturated rings. The van der Waals surface area contributed by atoms with Crippen LogP contribution in [0.1, 0.15) is 47.5 Å². The second-order valence-electron chi connectivity index (χ2n) is 8.02. The standard InChI is InChI=1S/C23H23ClN4O2/c24-20-6-5-16(28-10-2-4-21(28)29)13-18(20)23(30)27-11-7-15(8-12-27)19-14-26-22-17(19)3-1-9-25-22/h1,3,5-6,9,13-15H,2,4,7-8,10-12H2,(H,25,26). The van der Waals surface area contributed by atoms with Gasteiger partial charge in [-0.25, -0.2) is 4.98 Å². The van der Waals surface area contributed by atoms with E-state index in [4.69, 9.17) is 11.6 Å². The van der Waals surface area contributed by atoms with Gasteiger partial charge in [-0.05, 0) is 61.1 Å². The second kappa shape index (κ2) is 7.76. The number of hydrogen-bond acceptors (Lipinski definition) is 3. The second-order valence-corrected chi connectivity index (χ2v) is 8.43. The van der Waals surface area contributed by atoms with Crippen LogP contribution in [0.15, 0.2) is 42.7 Å². The fourth-order valence-electron chi connectivity index (χ4n) is 4.65. The molecule has 7 heteroatoms. The van der Waals surface area contributed by atoms with E-state index in [2.05, 4.69) is 16.0 Å². The van der Waals surface area contributed by atoms with Crippen molar-refractivity contribution < 1.29 is 9.59 Å². The van der Waals surface area contributed by atoms with Crippen molar-refractivity contribution in [3.8, 4) is 0 Å². The first-order chi connectivity index (χ1) is 14.6. The Morgan fingerprint density at radius 3 is 2.77 bits per heavy atom. The number of aromatic nitrogens is 2. The Bertz CT molecular complexity index is 1120. The molecule has 0 bridgehead atoms. The third-order valence-electron chi connectivity index (χ3n) is 6.27. The molecule has 0 unspecified atom stereocenters. The quantitative estimate of drug-likeness (QED) is 0.681. The normalized spacial score (nSPS) is 17.8. The lowest BCUT2D eigenvalue weighted by atomic mass is 9.89. The fraction of sp³-hybridized carbons (Fsp3) is 0.348.